The molecule has 1 heterocycles. The van der Waals surface area contributed by atoms with E-state index in [9.17, 15) is 13.2 Å². The van der Waals surface area contributed by atoms with Crippen LogP contribution in [-0.2, 0) is 14.8 Å². The monoisotopic (exact) mass is 316 g/mol. The molecule has 20 heavy (non-hydrogen) atoms. The second kappa shape index (κ2) is 6.11. The molecule has 7 heteroatoms. The summed E-state index contributed by atoms with van der Waals surface area (Å²) < 4.78 is 26.0. The summed E-state index contributed by atoms with van der Waals surface area (Å²) in [4.78, 5) is 13.6. The lowest BCUT2D eigenvalue weighted by molar-refractivity contribution is -0.117. The summed E-state index contributed by atoms with van der Waals surface area (Å²) in [5, 5.41) is 0.598. The summed E-state index contributed by atoms with van der Waals surface area (Å²) in [6.07, 6.45) is 0.739. The summed E-state index contributed by atoms with van der Waals surface area (Å²) in [6.45, 7) is 2.16. The van der Waals surface area contributed by atoms with Gasteiger partial charge >= 0.3 is 0 Å². The van der Waals surface area contributed by atoms with E-state index in [-0.39, 0.29) is 24.1 Å². The summed E-state index contributed by atoms with van der Waals surface area (Å²) >= 11 is 5.81. The Labute approximate surface area is 124 Å². The maximum atomic E-state index is 12.0. The first-order chi connectivity index (χ1) is 9.41. The highest BCUT2D eigenvalue weighted by molar-refractivity contribution is 7.89. The third-order valence-corrected chi connectivity index (χ3v) is 4.97. The van der Waals surface area contributed by atoms with Crippen molar-refractivity contribution in [2.45, 2.75) is 25.8 Å². The van der Waals surface area contributed by atoms with E-state index in [4.69, 9.17) is 11.6 Å². The Morgan fingerprint density at radius 3 is 2.60 bits per heavy atom. The highest BCUT2D eigenvalue weighted by Gasteiger charge is 2.32. The van der Waals surface area contributed by atoms with Crippen LogP contribution in [0.25, 0.3) is 0 Å². The molecule has 0 aromatic heterocycles. The van der Waals surface area contributed by atoms with Gasteiger partial charge in [0.1, 0.15) is 0 Å². The molecule has 1 aromatic carbocycles. The standard InChI is InChI=1S/C13H17ClN2O3S/c1-2-7-20(18,19)15-11-8-13(17)16(9-11)12-5-3-10(14)4-6-12/h3-6,11,15H,2,7-9H2,1H3/t11-/m1/s1. The smallest absolute Gasteiger partial charge is 0.228 e. The predicted molar refractivity (Wildman–Crippen MR) is 79.4 cm³/mol. The molecule has 1 aromatic rings. The van der Waals surface area contributed by atoms with E-state index in [0.717, 1.165) is 5.69 Å². The number of hydrogen-bond donors (Lipinski definition) is 1. The minimum atomic E-state index is -3.30. The molecule has 0 unspecified atom stereocenters. The summed E-state index contributed by atoms with van der Waals surface area (Å²) in [5.41, 5.74) is 0.733. The number of halogens is 1. The van der Waals surface area contributed by atoms with Gasteiger partial charge in [-0.3, -0.25) is 4.79 Å². The summed E-state index contributed by atoms with van der Waals surface area (Å²) in [5.74, 6) is -0.00458. The lowest BCUT2D eigenvalue weighted by atomic mass is 10.3. The molecule has 0 radical (unpaired) electrons. The van der Waals surface area contributed by atoms with E-state index in [0.29, 0.717) is 18.0 Å². The fourth-order valence-corrected chi connectivity index (χ4v) is 3.69. The van der Waals surface area contributed by atoms with Gasteiger partial charge in [-0.15, -0.1) is 0 Å². The normalized spacial score (nSPS) is 19.6. The maximum Gasteiger partial charge on any atom is 0.228 e. The number of anilines is 1. The van der Waals surface area contributed by atoms with Crippen molar-refractivity contribution in [2.24, 2.45) is 0 Å². The van der Waals surface area contributed by atoms with Gasteiger partial charge in [-0.1, -0.05) is 18.5 Å². The number of carbonyl (C=O) groups excluding carboxylic acids is 1. The molecule has 0 aliphatic carbocycles. The predicted octanol–water partition coefficient (Wildman–Crippen LogP) is 1.77. The van der Waals surface area contributed by atoms with Crippen molar-refractivity contribution in [2.75, 3.05) is 17.2 Å². The third kappa shape index (κ3) is 3.71. The Hall–Kier alpha value is -1.11. The number of nitrogens with one attached hydrogen (secondary N) is 1. The summed E-state index contributed by atoms with van der Waals surface area (Å²) in [6, 6.07) is 6.55. The van der Waals surface area contributed by atoms with E-state index in [1.54, 1.807) is 36.1 Å². The number of rotatable bonds is 5. The summed E-state index contributed by atoms with van der Waals surface area (Å²) in [7, 11) is -3.30. The molecule has 1 fully saturated rings. The van der Waals surface area contributed by atoms with E-state index in [1.165, 1.54) is 0 Å². The molecule has 5 nitrogen and oxygen atoms in total. The van der Waals surface area contributed by atoms with Crippen molar-refractivity contribution in [1.82, 2.24) is 4.72 Å². The van der Waals surface area contributed by atoms with Crippen molar-refractivity contribution in [3.63, 3.8) is 0 Å². The second-order valence-electron chi connectivity index (χ2n) is 4.82. The molecule has 0 spiro atoms. The molecule has 0 saturated carbocycles. The SMILES string of the molecule is CCCS(=O)(=O)N[C@@H]1CC(=O)N(c2ccc(Cl)cc2)C1. The average molecular weight is 317 g/mol. The van der Waals surface area contributed by atoms with Gasteiger partial charge in [0.15, 0.2) is 0 Å². The molecule has 110 valence electrons. The van der Waals surface area contributed by atoms with Crippen LogP contribution >= 0.6 is 11.6 Å². The van der Waals surface area contributed by atoms with Gasteiger partial charge in [-0.25, -0.2) is 13.1 Å². The van der Waals surface area contributed by atoms with Crippen LogP contribution in [0.1, 0.15) is 19.8 Å². The largest absolute Gasteiger partial charge is 0.311 e. The van der Waals surface area contributed by atoms with Gasteiger partial charge in [0.25, 0.3) is 0 Å². The Bertz CT molecular complexity index is 586. The molecular formula is C13H17ClN2O3S. The van der Waals surface area contributed by atoms with Gasteiger partial charge < -0.3 is 4.90 Å². The van der Waals surface area contributed by atoms with Crippen molar-refractivity contribution in [3.05, 3.63) is 29.3 Å². The van der Waals surface area contributed by atoms with Crippen molar-refractivity contribution >= 4 is 33.2 Å². The number of carbonyl (C=O) groups is 1. The molecule has 0 bridgehead atoms. The minimum absolute atomic E-state index is 0.0820. The molecule has 1 saturated heterocycles. The van der Waals surface area contributed by atoms with Crippen LogP contribution in [0.2, 0.25) is 5.02 Å². The second-order valence-corrected chi connectivity index (χ2v) is 7.13. The fourth-order valence-electron chi connectivity index (χ4n) is 2.24. The Kier molecular flexibility index (Phi) is 4.67. The Morgan fingerprint density at radius 2 is 2.00 bits per heavy atom. The number of amides is 1. The number of hydrogen-bond acceptors (Lipinski definition) is 3. The number of benzene rings is 1. The van der Waals surface area contributed by atoms with Gasteiger partial charge in [0.05, 0.1) is 5.75 Å². The van der Waals surface area contributed by atoms with Crippen molar-refractivity contribution in [3.8, 4) is 0 Å². The lowest BCUT2D eigenvalue weighted by Gasteiger charge is -2.17. The van der Waals surface area contributed by atoms with E-state index in [2.05, 4.69) is 4.72 Å². The van der Waals surface area contributed by atoms with Crippen LogP contribution in [0.15, 0.2) is 24.3 Å². The first kappa shape index (κ1) is 15.3. The molecule has 1 N–H and O–H groups in total. The minimum Gasteiger partial charge on any atom is -0.311 e. The van der Waals surface area contributed by atoms with Gasteiger partial charge in [0, 0.05) is 29.7 Å². The first-order valence-electron chi connectivity index (χ1n) is 6.47. The van der Waals surface area contributed by atoms with Crippen LogP contribution < -0.4 is 9.62 Å². The molecule has 1 amide bonds. The molecule has 2 rings (SSSR count). The van der Waals surface area contributed by atoms with Gasteiger partial charge in [0.2, 0.25) is 15.9 Å². The highest BCUT2D eigenvalue weighted by atomic mass is 35.5. The molecular weight excluding hydrogens is 300 g/mol. The quantitative estimate of drug-likeness (QED) is 0.900. The lowest BCUT2D eigenvalue weighted by Crippen LogP contribution is -2.38. The number of nitrogens with zero attached hydrogens (tertiary/aromatic N) is 1. The van der Waals surface area contributed by atoms with Crippen LogP contribution in [-0.4, -0.2) is 32.7 Å². The fraction of sp³-hybridized carbons (Fsp3) is 0.462. The van der Waals surface area contributed by atoms with Crippen LogP contribution in [0, 0.1) is 0 Å². The zero-order chi connectivity index (χ0) is 14.8. The number of sulfonamides is 1. The van der Waals surface area contributed by atoms with E-state index >= 15 is 0 Å². The molecule has 1 aliphatic heterocycles. The Morgan fingerprint density at radius 1 is 1.35 bits per heavy atom. The third-order valence-electron chi connectivity index (χ3n) is 3.08. The van der Waals surface area contributed by atoms with Crippen molar-refractivity contribution < 1.29 is 13.2 Å². The molecule has 1 aliphatic rings. The van der Waals surface area contributed by atoms with Crippen molar-refractivity contribution in [1.29, 1.82) is 0 Å². The van der Waals surface area contributed by atoms with E-state index in [1.807, 2.05) is 0 Å². The zero-order valence-corrected chi connectivity index (χ0v) is 12.7. The van der Waals surface area contributed by atoms with Gasteiger partial charge in [-0.05, 0) is 30.7 Å². The average Bonchev–Trinajstić information content (AvgIpc) is 2.70. The van der Waals surface area contributed by atoms with E-state index < -0.39 is 10.0 Å². The van der Waals surface area contributed by atoms with Crippen LogP contribution in [0.3, 0.4) is 0 Å². The topological polar surface area (TPSA) is 66.5 Å². The van der Waals surface area contributed by atoms with Crippen LogP contribution in [0.4, 0.5) is 5.69 Å². The van der Waals surface area contributed by atoms with Gasteiger partial charge in [-0.2, -0.15) is 0 Å². The Balaban J connectivity index is 2.06. The molecule has 1 atom stereocenters. The van der Waals surface area contributed by atoms with Crippen LogP contribution in [0.5, 0.6) is 0 Å². The maximum absolute atomic E-state index is 12.0. The highest BCUT2D eigenvalue weighted by Crippen LogP contribution is 2.23. The first-order valence-corrected chi connectivity index (χ1v) is 8.50. The zero-order valence-electron chi connectivity index (χ0n) is 11.2.